The summed E-state index contributed by atoms with van der Waals surface area (Å²) < 4.78 is 4.74. The molecule has 0 radical (unpaired) electrons. The van der Waals surface area contributed by atoms with Crippen LogP contribution in [-0.2, 0) is 11.2 Å². The van der Waals surface area contributed by atoms with Gasteiger partial charge in [-0.05, 0) is 42.3 Å². The number of anilines is 3. The molecule has 8 nitrogen and oxygen atoms in total. The first-order chi connectivity index (χ1) is 13.6. The fraction of sp³-hybridized carbons (Fsp3) is 0.211. The minimum Gasteiger partial charge on any atom is -0.465 e. The minimum absolute atomic E-state index is 0.381. The number of benzene rings is 1. The Hall–Kier alpha value is -3.26. The van der Waals surface area contributed by atoms with E-state index in [-0.39, 0.29) is 0 Å². The highest BCUT2D eigenvalue weighted by Crippen LogP contribution is 2.26. The summed E-state index contributed by atoms with van der Waals surface area (Å²) in [6, 6.07) is 8.76. The first-order valence-electron chi connectivity index (χ1n) is 8.51. The molecular weight excluding hydrogens is 380 g/mol. The number of carbonyl (C=O) groups excluding carboxylic acids is 1. The largest absolute Gasteiger partial charge is 0.465 e. The average molecular weight is 399 g/mol. The van der Waals surface area contributed by atoms with Crippen molar-refractivity contribution in [2.45, 2.75) is 6.42 Å². The molecule has 0 spiro atoms. The van der Waals surface area contributed by atoms with Crippen molar-refractivity contribution in [1.82, 2.24) is 20.2 Å². The van der Waals surface area contributed by atoms with Gasteiger partial charge in [-0.1, -0.05) is 11.6 Å². The number of carbonyl (C=O) groups is 1. The van der Waals surface area contributed by atoms with Gasteiger partial charge in [-0.3, -0.25) is 4.98 Å². The van der Waals surface area contributed by atoms with Gasteiger partial charge in [0.25, 0.3) is 0 Å². The molecule has 28 heavy (non-hydrogen) atoms. The van der Waals surface area contributed by atoms with Gasteiger partial charge in [0.05, 0.1) is 29.6 Å². The summed E-state index contributed by atoms with van der Waals surface area (Å²) in [5.74, 6) is 0.487. The number of halogens is 1. The van der Waals surface area contributed by atoms with Crippen LogP contribution in [0.1, 0.15) is 15.9 Å². The van der Waals surface area contributed by atoms with E-state index in [1.807, 2.05) is 24.1 Å². The Morgan fingerprint density at radius 1 is 1.25 bits per heavy atom. The Bertz CT molecular complexity index is 954. The van der Waals surface area contributed by atoms with Crippen LogP contribution in [0, 0.1) is 0 Å². The molecular formula is C19H19ClN6O2. The molecule has 0 amide bonds. The zero-order valence-electron chi connectivity index (χ0n) is 15.5. The van der Waals surface area contributed by atoms with E-state index < -0.39 is 5.97 Å². The van der Waals surface area contributed by atoms with Crippen molar-refractivity contribution in [3.05, 3.63) is 65.1 Å². The zero-order valence-corrected chi connectivity index (χ0v) is 16.2. The number of aromatic nitrogens is 4. The second-order valence-electron chi connectivity index (χ2n) is 5.98. The fourth-order valence-corrected chi connectivity index (χ4v) is 2.63. The topological polar surface area (TPSA) is 93.1 Å². The SMILES string of the molecule is COC(=O)c1ccc(Cl)c(Nc2cnnc(N(C)CCc3ccncc3)n2)c1. The summed E-state index contributed by atoms with van der Waals surface area (Å²) in [7, 11) is 3.22. The third kappa shape index (κ3) is 4.92. The summed E-state index contributed by atoms with van der Waals surface area (Å²) in [6.45, 7) is 0.716. The highest BCUT2D eigenvalue weighted by atomic mass is 35.5. The Kier molecular flexibility index (Phi) is 6.33. The van der Waals surface area contributed by atoms with Crippen molar-refractivity contribution in [3.63, 3.8) is 0 Å². The van der Waals surface area contributed by atoms with Crippen LogP contribution in [0.25, 0.3) is 0 Å². The van der Waals surface area contributed by atoms with Gasteiger partial charge in [0.1, 0.15) is 0 Å². The van der Waals surface area contributed by atoms with E-state index in [1.54, 1.807) is 30.6 Å². The third-order valence-electron chi connectivity index (χ3n) is 4.02. The quantitative estimate of drug-likeness (QED) is 0.607. The highest BCUT2D eigenvalue weighted by Gasteiger charge is 2.11. The molecule has 3 rings (SSSR count). The van der Waals surface area contributed by atoms with Crippen molar-refractivity contribution < 1.29 is 9.53 Å². The van der Waals surface area contributed by atoms with Crippen LogP contribution in [0.2, 0.25) is 5.02 Å². The smallest absolute Gasteiger partial charge is 0.337 e. The van der Waals surface area contributed by atoms with Gasteiger partial charge < -0.3 is 15.0 Å². The lowest BCUT2D eigenvalue weighted by Crippen LogP contribution is -2.23. The average Bonchev–Trinajstić information content (AvgIpc) is 2.74. The molecule has 0 fully saturated rings. The molecule has 0 unspecified atom stereocenters. The molecule has 0 bridgehead atoms. The van der Waals surface area contributed by atoms with Crippen LogP contribution in [0.3, 0.4) is 0 Å². The van der Waals surface area contributed by atoms with Gasteiger partial charge in [-0.15, -0.1) is 5.10 Å². The normalized spacial score (nSPS) is 10.4. The molecule has 144 valence electrons. The second kappa shape index (κ2) is 9.09. The molecule has 9 heteroatoms. The van der Waals surface area contributed by atoms with E-state index in [0.717, 1.165) is 6.42 Å². The summed E-state index contributed by atoms with van der Waals surface area (Å²) in [6.07, 6.45) is 5.85. The number of rotatable bonds is 7. The summed E-state index contributed by atoms with van der Waals surface area (Å²) >= 11 is 6.22. The number of esters is 1. The van der Waals surface area contributed by atoms with E-state index in [1.165, 1.54) is 18.9 Å². The van der Waals surface area contributed by atoms with Crippen molar-refractivity contribution in [2.24, 2.45) is 0 Å². The lowest BCUT2D eigenvalue weighted by molar-refractivity contribution is 0.0601. The van der Waals surface area contributed by atoms with Crippen LogP contribution >= 0.6 is 11.6 Å². The number of pyridine rings is 1. The van der Waals surface area contributed by atoms with Crippen LogP contribution in [0.4, 0.5) is 17.5 Å². The van der Waals surface area contributed by atoms with Crippen LogP contribution in [-0.4, -0.2) is 46.8 Å². The maximum atomic E-state index is 11.7. The Labute approximate surface area is 167 Å². The van der Waals surface area contributed by atoms with Crippen LogP contribution in [0.5, 0.6) is 0 Å². The Morgan fingerprint density at radius 2 is 2.04 bits per heavy atom. The van der Waals surface area contributed by atoms with Gasteiger partial charge >= 0.3 is 5.97 Å². The number of hydrogen-bond acceptors (Lipinski definition) is 8. The van der Waals surface area contributed by atoms with E-state index in [4.69, 9.17) is 16.3 Å². The molecule has 1 N–H and O–H groups in total. The fourth-order valence-electron chi connectivity index (χ4n) is 2.47. The number of nitrogens with one attached hydrogen (secondary N) is 1. The number of hydrogen-bond donors (Lipinski definition) is 1. The summed E-state index contributed by atoms with van der Waals surface area (Å²) in [5, 5.41) is 11.6. The maximum Gasteiger partial charge on any atom is 0.337 e. The minimum atomic E-state index is -0.447. The molecule has 2 aromatic heterocycles. The summed E-state index contributed by atoms with van der Waals surface area (Å²) in [4.78, 5) is 22.1. The predicted octanol–water partition coefficient (Wildman–Crippen LogP) is 3.13. The van der Waals surface area contributed by atoms with Gasteiger partial charge in [0.15, 0.2) is 5.82 Å². The van der Waals surface area contributed by atoms with Gasteiger partial charge in [-0.25, -0.2) is 4.79 Å². The zero-order chi connectivity index (χ0) is 19.9. The van der Waals surface area contributed by atoms with Crippen LogP contribution in [0.15, 0.2) is 48.9 Å². The molecule has 0 saturated heterocycles. The molecule has 0 saturated carbocycles. The molecule has 0 aliphatic carbocycles. The highest BCUT2D eigenvalue weighted by molar-refractivity contribution is 6.33. The predicted molar refractivity (Wildman–Crippen MR) is 107 cm³/mol. The monoisotopic (exact) mass is 398 g/mol. The van der Waals surface area contributed by atoms with Crippen molar-refractivity contribution >= 4 is 35.0 Å². The van der Waals surface area contributed by atoms with Gasteiger partial charge in [0.2, 0.25) is 5.95 Å². The van der Waals surface area contributed by atoms with Gasteiger partial charge in [-0.2, -0.15) is 10.1 Å². The lowest BCUT2D eigenvalue weighted by atomic mass is 10.2. The lowest BCUT2D eigenvalue weighted by Gasteiger charge is -2.17. The van der Waals surface area contributed by atoms with Crippen molar-refractivity contribution in [2.75, 3.05) is 30.9 Å². The van der Waals surface area contributed by atoms with Crippen molar-refractivity contribution in [1.29, 1.82) is 0 Å². The maximum absolute atomic E-state index is 11.7. The van der Waals surface area contributed by atoms with E-state index in [0.29, 0.717) is 34.6 Å². The number of likely N-dealkylation sites (N-methyl/N-ethyl adjacent to an activating group) is 1. The number of ether oxygens (including phenoxy) is 1. The molecule has 3 aromatic rings. The first-order valence-corrected chi connectivity index (χ1v) is 8.89. The third-order valence-corrected chi connectivity index (χ3v) is 4.35. The molecule has 1 aromatic carbocycles. The second-order valence-corrected chi connectivity index (χ2v) is 6.39. The van der Waals surface area contributed by atoms with E-state index in [9.17, 15) is 4.79 Å². The van der Waals surface area contributed by atoms with E-state index in [2.05, 4.69) is 25.5 Å². The molecule has 0 atom stereocenters. The molecule has 0 aliphatic rings. The molecule has 2 heterocycles. The first kappa shape index (κ1) is 19.5. The summed E-state index contributed by atoms with van der Waals surface area (Å²) in [5.41, 5.74) is 2.08. The van der Waals surface area contributed by atoms with Gasteiger partial charge in [0, 0.05) is 26.0 Å². The number of methoxy groups -OCH3 is 1. The van der Waals surface area contributed by atoms with Crippen molar-refractivity contribution in [3.8, 4) is 0 Å². The Morgan fingerprint density at radius 3 is 2.79 bits per heavy atom. The van der Waals surface area contributed by atoms with E-state index >= 15 is 0 Å². The molecule has 0 aliphatic heterocycles. The van der Waals surface area contributed by atoms with Crippen LogP contribution < -0.4 is 10.2 Å². The standard InChI is InChI=1S/C19H19ClN6O2/c1-26(10-7-13-5-8-21-9-6-13)19-24-17(12-22-25-19)23-16-11-14(18(27)28-2)3-4-15(16)20/h3-6,8-9,11-12H,7,10H2,1-2H3,(H,23,24,25). The number of nitrogens with zero attached hydrogens (tertiary/aromatic N) is 5. The Balaban J connectivity index is 1.72.